The van der Waals surface area contributed by atoms with Crippen LogP contribution in [0.3, 0.4) is 0 Å². The van der Waals surface area contributed by atoms with E-state index in [2.05, 4.69) is 20.0 Å². The van der Waals surface area contributed by atoms with Crippen molar-refractivity contribution in [1.82, 2.24) is 19.7 Å². The van der Waals surface area contributed by atoms with E-state index < -0.39 is 0 Å². The number of aryl methyl sites for hydroxylation is 1. The molecule has 0 N–H and O–H groups in total. The van der Waals surface area contributed by atoms with E-state index in [-0.39, 0.29) is 5.56 Å². The highest BCUT2D eigenvalue weighted by Gasteiger charge is 2.30. The highest BCUT2D eigenvalue weighted by Crippen LogP contribution is 2.39. The van der Waals surface area contributed by atoms with Crippen molar-refractivity contribution in [1.29, 1.82) is 0 Å². The second kappa shape index (κ2) is 6.12. The molecule has 0 aromatic carbocycles. The van der Waals surface area contributed by atoms with Gasteiger partial charge in [0.2, 0.25) is 5.95 Å². The van der Waals surface area contributed by atoms with Crippen LogP contribution in [0.25, 0.3) is 0 Å². The number of aromatic nitrogens is 4. The van der Waals surface area contributed by atoms with Gasteiger partial charge in [-0.1, -0.05) is 0 Å². The standard InChI is InChI=1S/C18H21N5OS/c24-17-5-14-11-25-4-3-16(14)21-23(17)10-12-8-22(9-12)18-19-6-15(7-20-18)13-1-2-13/h5-7,12-13H,1-4,8-11H2. The second-order valence-corrected chi connectivity index (χ2v) is 8.41. The third kappa shape index (κ3) is 3.05. The Morgan fingerprint density at radius 1 is 1.20 bits per heavy atom. The van der Waals surface area contributed by atoms with Gasteiger partial charge in [-0.15, -0.1) is 0 Å². The molecule has 25 heavy (non-hydrogen) atoms. The van der Waals surface area contributed by atoms with Crippen LogP contribution >= 0.6 is 11.8 Å². The predicted octanol–water partition coefficient (Wildman–Crippen LogP) is 1.84. The van der Waals surface area contributed by atoms with Crippen molar-refractivity contribution >= 4 is 17.7 Å². The summed E-state index contributed by atoms with van der Waals surface area (Å²) < 4.78 is 1.66. The van der Waals surface area contributed by atoms with E-state index in [0.717, 1.165) is 48.2 Å². The molecule has 0 radical (unpaired) electrons. The number of fused-ring (bicyclic) bond motifs is 1. The lowest BCUT2D eigenvalue weighted by atomic mass is 10.0. The van der Waals surface area contributed by atoms with E-state index in [4.69, 9.17) is 0 Å². The Kier molecular flexibility index (Phi) is 3.77. The van der Waals surface area contributed by atoms with Crippen LogP contribution in [0.15, 0.2) is 23.3 Å². The molecule has 3 aliphatic rings. The summed E-state index contributed by atoms with van der Waals surface area (Å²) in [7, 11) is 0. The van der Waals surface area contributed by atoms with Crippen molar-refractivity contribution in [3.05, 3.63) is 45.6 Å². The van der Waals surface area contributed by atoms with Gasteiger partial charge in [0.1, 0.15) is 0 Å². The van der Waals surface area contributed by atoms with Gasteiger partial charge >= 0.3 is 0 Å². The van der Waals surface area contributed by atoms with E-state index in [0.29, 0.717) is 18.4 Å². The van der Waals surface area contributed by atoms with Crippen LogP contribution in [0.2, 0.25) is 0 Å². The molecule has 6 nitrogen and oxygen atoms in total. The summed E-state index contributed by atoms with van der Waals surface area (Å²) in [5, 5.41) is 4.61. The summed E-state index contributed by atoms with van der Waals surface area (Å²) in [5.41, 5.74) is 3.53. The first-order chi connectivity index (χ1) is 12.3. The Morgan fingerprint density at radius 3 is 2.76 bits per heavy atom. The molecule has 7 heteroatoms. The minimum atomic E-state index is 0.0322. The Labute approximate surface area is 150 Å². The Morgan fingerprint density at radius 2 is 2.00 bits per heavy atom. The molecule has 130 valence electrons. The number of rotatable bonds is 4. The van der Waals surface area contributed by atoms with Gasteiger partial charge in [-0.3, -0.25) is 4.79 Å². The first-order valence-corrected chi connectivity index (χ1v) is 10.2. The summed E-state index contributed by atoms with van der Waals surface area (Å²) in [4.78, 5) is 23.5. The smallest absolute Gasteiger partial charge is 0.267 e. The van der Waals surface area contributed by atoms with E-state index in [1.807, 2.05) is 24.2 Å². The molecule has 4 heterocycles. The Balaban J connectivity index is 1.23. The van der Waals surface area contributed by atoms with Gasteiger partial charge in [-0.05, 0) is 35.6 Å². The lowest BCUT2D eigenvalue weighted by molar-refractivity contribution is 0.329. The topological polar surface area (TPSA) is 63.9 Å². The summed E-state index contributed by atoms with van der Waals surface area (Å²) in [6.45, 7) is 2.48. The Hall–Kier alpha value is -1.89. The molecule has 0 spiro atoms. The molecule has 0 amide bonds. The largest absolute Gasteiger partial charge is 0.340 e. The number of thioether (sulfide) groups is 1. The van der Waals surface area contributed by atoms with Crippen LogP contribution in [0.1, 0.15) is 35.6 Å². The van der Waals surface area contributed by atoms with Crippen molar-refractivity contribution in [2.24, 2.45) is 5.92 Å². The number of nitrogens with zero attached hydrogens (tertiary/aromatic N) is 5. The number of hydrogen-bond donors (Lipinski definition) is 0. The quantitative estimate of drug-likeness (QED) is 0.834. The monoisotopic (exact) mass is 355 g/mol. The average Bonchev–Trinajstić information content (AvgIpc) is 3.43. The number of anilines is 1. The van der Waals surface area contributed by atoms with Crippen molar-refractivity contribution in [3.8, 4) is 0 Å². The van der Waals surface area contributed by atoms with Crippen LogP contribution in [-0.2, 0) is 18.7 Å². The molecule has 0 atom stereocenters. The first-order valence-electron chi connectivity index (χ1n) is 9.01. The molecule has 0 bridgehead atoms. The lowest BCUT2D eigenvalue weighted by Gasteiger charge is -2.39. The maximum atomic E-state index is 12.3. The zero-order chi connectivity index (χ0) is 16.8. The fourth-order valence-corrected chi connectivity index (χ4v) is 4.55. The van der Waals surface area contributed by atoms with Crippen molar-refractivity contribution in [2.75, 3.05) is 23.7 Å². The fourth-order valence-electron chi connectivity index (χ4n) is 3.60. The molecule has 0 unspecified atom stereocenters. The van der Waals surface area contributed by atoms with Gasteiger partial charge in [-0.25, -0.2) is 14.6 Å². The average molecular weight is 355 g/mol. The molecule has 5 rings (SSSR count). The molecule has 1 aliphatic carbocycles. The molecule has 1 saturated heterocycles. The first kappa shape index (κ1) is 15.4. The molecule has 2 fully saturated rings. The minimum Gasteiger partial charge on any atom is -0.340 e. The maximum Gasteiger partial charge on any atom is 0.267 e. The van der Waals surface area contributed by atoms with Crippen molar-refractivity contribution < 1.29 is 0 Å². The van der Waals surface area contributed by atoms with Gasteiger partial charge < -0.3 is 4.90 Å². The van der Waals surface area contributed by atoms with Crippen LogP contribution in [0.5, 0.6) is 0 Å². The third-order valence-electron chi connectivity index (χ3n) is 5.28. The van der Waals surface area contributed by atoms with E-state index in [9.17, 15) is 4.79 Å². The van der Waals surface area contributed by atoms with Crippen LogP contribution in [-0.4, -0.2) is 38.6 Å². The summed E-state index contributed by atoms with van der Waals surface area (Å²) >= 11 is 1.88. The van der Waals surface area contributed by atoms with Gasteiger partial charge in [-0.2, -0.15) is 16.9 Å². The van der Waals surface area contributed by atoms with Gasteiger partial charge in [0.15, 0.2) is 0 Å². The van der Waals surface area contributed by atoms with Crippen LogP contribution in [0.4, 0.5) is 5.95 Å². The number of hydrogen-bond acceptors (Lipinski definition) is 6. The van der Waals surface area contributed by atoms with Gasteiger partial charge in [0, 0.05) is 49.6 Å². The summed E-state index contributed by atoms with van der Waals surface area (Å²) in [6.07, 6.45) is 7.46. The fraction of sp³-hybridized carbons (Fsp3) is 0.556. The second-order valence-electron chi connectivity index (χ2n) is 7.30. The molecule has 1 saturated carbocycles. The van der Waals surface area contributed by atoms with Crippen LogP contribution < -0.4 is 10.5 Å². The zero-order valence-corrected chi connectivity index (χ0v) is 14.9. The molecule has 2 aromatic heterocycles. The molecule has 2 aliphatic heterocycles. The van der Waals surface area contributed by atoms with Gasteiger partial charge in [0.25, 0.3) is 5.56 Å². The normalized spacial score (nSPS) is 20.2. The summed E-state index contributed by atoms with van der Waals surface area (Å²) in [5.74, 6) is 3.96. The highest BCUT2D eigenvalue weighted by molar-refractivity contribution is 7.98. The predicted molar refractivity (Wildman–Crippen MR) is 98.1 cm³/mol. The van der Waals surface area contributed by atoms with E-state index in [1.54, 1.807) is 10.7 Å². The molecular weight excluding hydrogens is 334 g/mol. The van der Waals surface area contributed by atoms with Crippen molar-refractivity contribution in [2.45, 2.75) is 37.5 Å². The Bertz CT molecular complexity index is 840. The van der Waals surface area contributed by atoms with Crippen molar-refractivity contribution in [3.63, 3.8) is 0 Å². The third-order valence-corrected chi connectivity index (χ3v) is 6.29. The molecular formula is C18H21N5OS. The highest BCUT2D eigenvalue weighted by atomic mass is 32.2. The van der Waals surface area contributed by atoms with Gasteiger partial charge in [0.05, 0.1) is 12.2 Å². The maximum absolute atomic E-state index is 12.3. The SMILES string of the molecule is O=c1cc2c(nn1CC1CN(c3ncc(C4CC4)cn3)C1)CCSC2. The van der Waals surface area contributed by atoms with E-state index in [1.165, 1.54) is 18.4 Å². The van der Waals surface area contributed by atoms with E-state index >= 15 is 0 Å². The van der Waals surface area contributed by atoms with Crippen LogP contribution in [0, 0.1) is 5.92 Å². The minimum absolute atomic E-state index is 0.0322. The summed E-state index contributed by atoms with van der Waals surface area (Å²) in [6, 6.07) is 1.78. The lowest BCUT2D eigenvalue weighted by Crippen LogP contribution is -2.50. The molecule has 2 aromatic rings. The zero-order valence-electron chi connectivity index (χ0n) is 14.1.